The molecular formula is C22H34IN3O2. The molecule has 6 heteroatoms. The number of nitrogens with zero attached hydrogens (tertiary/aromatic N) is 1. The molecular weight excluding hydrogens is 465 g/mol. The molecule has 2 aliphatic carbocycles. The number of guanidine groups is 1. The summed E-state index contributed by atoms with van der Waals surface area (Å²) >= 11 is 0. The normalized spacial score (nSPS) is 27.2. The molecule has 156 valence electrons. The van der Waals surface area contributed by atoms with Crippen molar-refractivity contribution < 1.29 is 9.47 Å². The molecule has 1 aromatic carbocycles. The minimum absolute atomic E-state index is 0. The number of ether oxygens (including phenoxy) is 2. The van der Waals surface area contributed by atoms with Crippen LogP contribution >= 0.6 is 24.0 Å². The molecule has 1 aromatic rings. The Morgan fingerprint density at radius 2 is 2.18 bits per heavy atom. The zero-order chi connectivity index (χ0) is 18.9. The van der Waals surface area contributed by atoms with E-state index in [2.05, 4.69) is 47.7 Å². The third-order valence-corrected chi connectivity index (χ3v) is 6.68. The van der Waals surface area contributed by atoms with Crippen molar-refractivity contribution in [1.82, 2.24) is 10.6 Å². The summed E-state index contributed by atoms with van der Waals surface area (Å²) in [7, 11) is 1.85. The smallest absolute Gasteiger partial charge is 0.191 e. The molecule has 3 fully saturated rings. The van der Waals surface area contributed by atoms with Crippen molar-refractivity contribution in [2.45, 2.75) is 64.6 Å². The predicted molar refractivity (Wildman–Crippen MR) is 124 cm³/mol. The van der Waals surface area contributed by atoms with Crippen LogP contribution in [0, 0.1) is 18.3 Å². The summed E-state index contributed by atoms with van der Waals surface area (Å²) in [5, 5.41) is 7.23. The summed E-state index contributed by atoms with van der Waals surface area (Å²) in [5.41, 5.74) is 2.75. The number of halogens is 1. The molecule has 0 amide bonds. The van der Waals surface area contributed by atoms with E-state index in [9.17, 15) is 0 Å². The van der Waals surface area contributed by atoms with E-state index in [0.29, 0.717) is 30.0 Å². The number of aliphatic imine (C=N–C) groups is 1. The van der Waals surface area contributed by atoms with Gasteiger partial charge in [-0.3, -0.25) is 4.99 Å². The van der Waals surface area contributed by atoms with E-state index in [4.69, 9.17) is 9.47 Å². The number of rotatable bonds is 6. The Morgan fingerprint density at radius 3 is 2.86 bits per heavy atom. The highest BCUT2D eigenvalue weighted by Crippen LogP contribution is 2.62. The van der Waals surface area contributed by atoms with Crippen LogP contribution in [0.25, 0.3) is 0 Å². The number of fused-ring (bicyclic) bond motifs is 2. The molecule has 5 nitrogen and oxygen atoms in total. The highest BCUT2D eigenvalue weighted by Gasteiger charge is 2.66. The molecule has 3 atom stereocenters. The molecule has 1 heterocycles. The van der Waals surface area contributed by atoms with Crippen LogP contribution in [0.5, 0.6) is 5.75 Å². The Bertz CT molecular complexity index is 705. The zero-order valence-corrected chi connectivity index (χ0v) is 19.6. The van der Waals surface area contributed by atoms with Crippen molar-refractivity contribution in [3.8, 4) is 5.75 Å². The lowest BCUT2D eigenvalue weighted by Gasteiger charge is -2.63. The van der Waals surface area contributed by atoms with Crippen LogP contribution in [0.4, 0.5) is 0 Å². The van der Waals surface area contributed by atoms with Gasteiger partial charge in [-0.25, -0.2) is 0 Å². The molecule has 1 aliphatic heterocycles. The average Bonchev–Trinajstić information content (AvgIpc) is 3.05. The number of hydrogen-bond acceptors (Lipinski definition) is 3. The minimum Gasteiger partial charge on any atom is -0.493 e. The van der Waals surface area contributed by atoms with Crippen molar-refractivity contribution in [3.05, 3.63) is 29.3 Å². The van der Waals surface area contributed by atoms with Crippen LogP contribution in [0.15, 0.2) is 23.2 Å². The molecule has 1 saturated heterocycles. The fraction of sp³-hybridized carbons (Fsp3) is 0.682. The van der Waals surface area contributed by atoms with Crippen LogP contribution in [0.2, 0.25) is 0 Å². The molecule has 0 aromatic heterocycles. The standard InChI is InChI=1S/C22H33N3O2.HI/c1-4-11-26-18-13-15(2)6-7-16(18)14-24-21(23-3)25-19-17-8-12-27-20(17)22(19)9-5-10-22;/h6-7,13,17,19-20H,4-5,8-12,14H2,1-3H3,(H2,23,24,25);1H. The van der Waals surface area contributed by atoms with E-state index in [1.165, 1.54) is 36.8 Å². The van der Waals surface area contributed by atoms with Crippen molar-refractivity contribution in [3.63, 3.8) is 0 Å². The minimum atomic E-state index is 0. The lowest BCUT2D eigenvalue weighted by Crippen LogP contribution is -2.72. The van der Waals surface area contributed by atoms with Gasteiger partial charge in [-0.2, -0.15) is 0 Å². The topological polar surface area (TPSA) is 54.9 Å². The van der Waals surface area contributed by atoms with E-state index in [0.717, 1.165) is 31.3 Å². The lowest BCUT2D eigenvalue weighted by atomic mass is 9.46. The molecule has 3 unspecified atom stereocenters. The third-order valence-electron chi connectivity index (χ3n) is 6.68. The Morgan fingerprint density at radius 1 is 1.36 bits per heavy atom. The van der Waals surface area contributed by atoms with Crippen molar-refractivity contribution >= 4 is 29.9 Å². The molecule has 2 N–H and O–H groups in total. The van der Waals surface area contributed by atoms with E-state index in [-0.39, 0.29) is 24.0 Å². The summed E-state index contributed by atoms with van der Waals surface area (Å²) < 4.78 is 12.0. The fourth-order valence-corrected chi connectivity index (χ4v) is 5.13. The molecule has 2 saturated carbocycles. The summed E-state index contributed by atoms with van der Waals surface area (Å²) in [6, 6.07) is 6.91. The maximum absolute atomic E-state index is 6.03. The van der Waals surface area contributed by atoms with Crippen LogP contribution in [0.3, 0.4) is 0 Å². The first-order valence-corrected chi connectivity index (χ1v) is 10.5. The van der Waals surface area contributed by atoms with E-state index >= 15 is 0 Å². The first-order chi connectivity index (χ1) is 13.2. The molecule has 0 bridgehead atoms. The van der Waals surface area contributed by atoms with Gasteiger partial charge in [-0.05, 0) is 44.2 Å². The lowest BCUT2D eigenvalue weighted by molar-refractivity contribution is -0.171. The highest BCUT2D eigenvalue weighted by atomic mass is 127. The number of benzene rings is 1. The van der Waals surface area contributed by atoms with Gasteiger partial charge in [0, 0.05) is 43.1 Å². The summed E-state index contributed by atoms with van der Waals surface area (Å²) in [6.45, 7) is 6.61. The van der Waals surface area contributed by atoms with Crippen LogP contribution in [0.1, 0.15) is 50.2 Å². The van der Waals surface area contributed by atoms with Gasteiger partial charge in [-0.1, -0.05) is 25.5 Å². The Balaban J connectivity index is 0.00000225. The van der Waals surface area contributed by atoms with Gasteiger partial charge < -0.3 is 20.1 Å². The van der Waals surface area contributed by atoms with Crippen molar-refractivity contribution in [2.75, 3.05) is 20.3 Å². The Hall–Kier alpha value is -1.02. The monoisotopic (exact) mass is 499 g/mol. The average molecular weight is 499 g/mol. The predicted octanol–water partition coefficient (Wildman–Crippen LogP) is 4.02. The second kappa shape index (κ2) is 9.20. The third kappa shape index (κ3) is 3.86. The second-order valence-corrected chi connectivity index (χ2v) is 8.34. The SMILES string of the molecule is CCCOc1cc(C)ccc1CNC(=NC)NC1C2CCOC2C12CCC2.I. The highest BCUT2D eigenvalue weighted by molar-refractivity contribution is 14.0. The summed E-state index contributed by atoms with van der Waals surface area (Å²) in [4.78, 5) is 4.49. The van der Waals surface area contributed by atoms with Gasteiger partial charge >= 0.3 is 0 Å². The summed E-state index contributed by atoms with van der Waals surface area (Å²) in [5.74, 6) is 2.51. The molecule has 0 radical (unpaired) electrons. The van der Waals surface area contributed by atoms with Gasteiger partial charge in [0.15, 0.2) is 5.96 Å². The number of aryl methyl sites for hydroxylation is 1. The maximum Gasteiger partial charge on any atom is 0.191 e. The van der Waals surface area contributed by atoms with Gasteiger partial charge in [0.1, 0.15) is 5.75 Å². The largest absolute Gasteiger partial charge is 0.493 e. The van der Waals surface area contributed by atoms with Gasteiger partial charge in [0.05, 0.1) is 12.7 Å². The van der Waals surface area contributed by atoms with Crippen LogP contribution in [-0.2, 0) is 11.3 Å². The Kier molecular flexibility index (Phi) is 7.12. The zero-order valence-electron chi connectivity index (χ0n) is 17.3. The first kappa shape index (κ1) is 21.7. The fourth-order valence-electron chi connectivity index (χ4n) is 5.13. The second-order valence-electron chi connectivity index (χ2n) is 8.34. The quantitative estimate of drug-likeness (QED) is 0.353. The van der Waals surface area contributed by atoms with Crippen molar-refractivity contribution in [2.24, 2.45) is 16.3 Å². The molecule has 1 spiro atoms. The Labute approximate surface area is 186 Å². The van der Waals surface area contributed by atoms with Gasteiger partial charge in [-0.15, -0.1) is 24.0 Å². The first-order valence-electron chi connectivity index (χ1n) is 10.5. The van der Waals surface area contributed by atoms with E-state index in [1.54, 1.807) is 0 Å². The molecule has 28 heavy (non-hydrogen) atoms. The van der Waals surface area contributed by atoms with E-state index < -0.39 is 0 Å². The molecule has 3 aliphatic rings. The van der Waals surface area contributed by atoms with Crippen LogP contribution in [-0.4, -0.2) is 38.4 Å². The number of hydrogen-bond donors (Lipinski definition) is 2. The maximum atomic E-state index is 6.03. The summed E-state index contributed by atoms with van der Waals surface area (Å²) in [6.07, 6.45) is 6.57. The van der Waals surface area contributed by atoms with Gasteiger partial charge in [0.25, 0.3) is 0 Å². The van der Waals surface area contributed by atoms with E-state index in [1.807, 2.05) is 7.05 Å². The molecule has 4 rings (SSSR count). The van der Waals surface area contributed by atoms with Gasteiger partial charge in [0.2, 0.25) is 0 Å². The van der Waals surface area contributed by atoms with Crippen LogP contribution < -0.4 is 15.4 Å². The number of nitrogens with one attached hydrogen (secondary N) is 2. The van der Waals surface area contributed by atoms with Crippen molar-refractivity contribution in [1.29, 1.82) is 0 Å².